The Bertz CT molecular complexity index is 630. The second kappa shape index (κ2) is 6.09. The molecule has 0 saturated carbocycles. The third kappa shape index (κ3) is 3.13. The number of amides is 1. The third-order valence-electron chi connectivity index (χ3n) is 3.02. The predicted molar refractivity (Wildman–Crippen MR) is 78.0 cm³/mol. The number of nitrogens with one attached hydrogen (secondary N) is 1. The van der Waals surface area contributed by atoms with E-state index in [0.717, 1.165) is 5.69 Å². The molecule has 1 amide bonds. The number of rotatable bonds is 4. The fourth-order valence-corrected chi connectivity index (χ4v) is 2.94. The second-order valence-corrected chi connectivity index (χ2v) is 5.61. The maximum atomic E-state index is 12.3. The predicted octanol–water partition coefficient (Wildman–Crippen LogP) is 1.67. The van der Waals surface area contributed by atoms with Gasteiger partial charge in [-0.1, -0.05) is 0 Å². The van der Waals surface area contributed by atoms with E-state index in [-0.39, 0.29) is 11.9 Å². The maximum Gasteiger partial charge on any atom is 0.265 e. The van der Waals surface area contributed by atoms with Crippen molar-refractivity contribution in [2.24, 2.45) is 0 Å². The van der Waals surface area contributed by atoms with Gasteiger partial charge in [0.2, 0.25) is 0 Å². The van der Waals surface area contributed by atoms with Gasteiger partial charge >= 0.3 is 0 Å². The molecule has 3 heterocycles. The van der Waals surface area contributed by atoms with Gasteiger partial charge in [0, 0.05) is 36.4 Å². The number of nitrogens with zero attached hydrogens (tertiary/aromatic N) is 2. The summed E-state index contributed by atoms with van der Waals surface area (Å²) in [5.74, 6) is 1.05. The SMILES string of the molecule is CC(Cc1cnccn1)NC(=O)c1scc2c1OCCO2. The minimum atomic E-state index is -0.150. The van der Waals surface area contributed by atoms with Crippen LogP contribution in [-0.4, -0.2) is 35.1 Å². The van der Waals surface area contributed by atoms with E-state index in [1.165, 1.54) is 11.3 Å². The van der Waals surface area contributed by atoms with Gasteiger partial charge in [0.05, 0.1) is 5.69 Å². The molecule has 110 valence electrons. The van der Waals surface area contributed by atoms with E-state index in [1.807, 2.05) is 6.92 Å². The minimum Gasteiger partial charge on any atom is -0.485 e. The van der Waals surface area contributed by atoms with Crippen LogP contribution < -0.4 is 14.8 Å². The van der Waals surface area contributed by atoms with Gasteiger partial charge in [-0.15, -0.1) is 11.3 Å². The number of hydrogen-bond acceptors (Lipinski definition) is 6. The van der Waals surface area contributed by atoms with Gasteiger partial charge in [-0.3, -0.25) is 14.8 Å². The van der Waals surface area contributed by atoms with E-state index >= 15 is 0 Å². The summed E-state index contributed by atoms with van der Waals surface area (Å²) in [6, 6.07) is -0.0449. The minimum absolute atomic E-state index is 0.0449. The molecular weight excluding hydrogens is 290 g/mol. The number of aromatic nitrogens is 2. The number of hydrogen-bond donors (Lipinski definition) is 1. The molecule has 1 N–H and O–H groups in total. The highest BCUT2D eigenvalue weighted by Crippen LogP contribution is 2.39. The smallest absolute Gasteiger partial charge is 0.265 e. The zero-order valence-electron chi connectivity index (χ0n) is 11.5. The van der Waals surface area contributed by atoms with E-state index in [4.69, 9.17) is 9.47 Å². The monoisotopic (exact) mass is 305 g/mol. The summed E-state index contributed by atoms with van der Waals surface area (Å²) >= 11 is 1.33. The number of fused-ring (bicyclic) bond motifs is 1. The molecule has 0 spiro atoms. The van der Waals surface area contributed by atoms with Gasteiger partial charge in [-0.2, -0.15) is 0 Å². The van der Waals surface area contributed by atoms with E-state index in [2.05, 4.69) is 15.3 Å². The maximum absolute atomic E-state index is 12.3. The molecule has 0 fully saturated rings. The molecule has 0 aromatic carbocycles. The molecule has 2 aromatic rings. The highest BCUT2D eigenvalue weighted by Gasteiger charge is 2.24. The quantitative estimate of drug-likeness (QED) is 0.930. The molecule has 1 aliphatic rings. The summed E-state index contributed by atoms with van der Waals surface area (Å²) in [6.07, 6.45) is 5.60. The normalized spacial score (nSPS) is 14.5. The lowest BCUT2D eigenvalue weighted by atomic mass is 10.2. The van der Waals surface area contributed by atoms with Crippen molar-refractivity contribution < 1.29 is 14.3 Å². The first kappa shape index (κ1) is 13.8. The molecule has 7 heteroatoms. The van der Waals surface area contributed by atoms with Crippen LogP contribution >= 0.6 is 11.3 Å². The van der Waals surface area contributed by atoms with Crippen molar-refractivity contribution in [2.75, 3.05) is 13.2 Å². The first-order valence-corrected chi connectivity index (χ1v) is 7.55. The highest BCUT2D eigenvalue weighted by molar-refractivity contribution is 7.12. The van der Waals surface area contributed by atoms with E-state index in [9.17, 15) is 4.79 Å². The zero-order chi connectivity index (χ0) is 14.7. The largest absolute Gasteiger partial charge is 0.485 e. The van der Waals surface area contributed by atoms with Gasteiger partial charge in [0.25, 0.3) is 5.91 Å². The van der Waals surface area contributed by atoms with Crippen molar-refractivity contribution in [3.05, 3.63) is 34.5 Å². The molecule has 21 heavy (non-hydrogen) atoms. The zero-order valence-corrected chi connectivity index (χ0v) is 12.4. The van der Waals surface area contributed by atoms with Gasteiger partial charge < -0.3 is 14.8 Å². The lowest BCUT2D eigenvalue weighted by Gasteiger charge is -2.17. The Kier molecular flexibility index (Phi) is 4.01. The summed E-state index contributed by atoms with van der Waals surface area (Å²) in [5, 5.41) is 4.75. The van der Waals surface area contributed by atoms with Crippen molar-refractivity contribution >= 4 is 17.2 Å². The summed E-state index contributed by atoms with van der Waals surface area (Å²) in [6.45, 7) is 2.93. The lowest BCUT2D eigenvalue weighted by Crippen LogP contribution is -2.34. The molecule has 6 nitrogen and oxygen atoms in total. The standard InChI is InChI=1S/C14H15N3O3S/c1-9(6-10-7-15-2-3-16-10)17-14(18)13-12-11(8-21-13)19-4-5-20-12/h2-3,7-9H,4-6H2,1H3,(H,17,18). The lowest BCUT2D eigenvalue weighted by molar-refractivity contribution is 0.0935. The van der Waals surface area contributed by atoms with Crippen LogP contribution in [0.5, 0.6) is 11.5 Å². The van der Waals surface area contributed by atoms with Crippen LogP contribution in [0.25, 0.3) is 0 Å². The first-order valence-electron chi connectivity index (χ1n) is 6.67. The number of carbonyl (C=O) groups is 1. The number of carbonyl (C=O) groups excluding carboxylic acids is 1. The highest BCUT2D eigenvalue weighted by atomic mass is 32.1. The van der Waals surface area contributed by atoms with Crippen LogP contribution in [0, 0.1) is 0 Å². The third-order valence-corrected chi connectivity index (χ3v) is 3.96. The Hall–Kier alpha value is -2.15. The Labute approximate surface area is 126 Å². The molecule has 3 rings (SSSR count). The fourth-order valence-electron chi connectivity index (χ4n) is 2.11. The van der Waals surface area contributed by atoms with Gasteiger partial charge in [-0.25, -0.2) is 0 Å². The van der Waals surface area contributed by atoms with Crippen LogP contribution in [-0.2, 0) is 6.42 Å². The van der Waals surface area contributed by atoms with E-state index < -0.39 is 0 Å². The average molecular weight is 305 g/mol. The topological polar surface area (TPSA) is 73.3 Å². The van der Waals surface area contributed by atoms with Crippen molar-refractivity contribution in [2.45, 2.75) is 19.4 Å². The Morgan fingerprint density at radius 3 is 3.10 bits per heavy atom. The Balaban J connectivity index is 1.65. The summed E-state index contributed by atoms with van der Waals surface area (Å²) in [4.78, 5) is 21.1. The van der Waals surface area contributed by atoms with Crippen molar-refractivity contribution in [1.82, 2.24) is 15.3 Å². The summed E-state index contributed by atoms with van der Waals surface area (Å²) in [5.41, 5.74) is 0.845. The van der Waals surface area contributed by atoms with Crippen molar-refractivity contribution in [3.8, 4) is 11.5 Å². The summed E-state index contributed by atoms with van der Waals surface area (Å²) in [7, 11) is 0. The van der Waals surface area contributed by atoms with E-state index in [1.54, 1.807) is 24.0 Å². The molecule has 2 aromatic heterocycles. The molecule has 1 atom stereocenters. The molecule has 0 bridgehead atoms. The van der Waals surface area contributed by atoms with Gasteiger partial charge in [0.1, 0.15) is 18.1 Å². The molecule has 0 aliphatic carbocycles. The molecular formula is C14H15N3O3S. The van der Waals surface area contributed by atoms with Gasteiger partial charge in [-0.05, 0) is 6.92 Å². The van der Waals surface area contributed by atoms with Crippen molar-refractivity contribution in [1.29, 1.82) is 0 Å². The Morgan fingerprint density at radius 2 is 2.29 bits per heavy atom. The average Bonchev–Trinajstić information content (AvgIpc) is 2.92. The fraction of sp³-hybridized carbons (Fsp3) is 0.357. The summed E-state index contributed by atoms with van der Waals surface area (Å²) < 4.78 is 11.0. The molecule has 0 saturated heterocycles. The first-order chi connectivity index (χ1) is 10.2. The van der Waals surface area contributed by atoms with Crippen LogP contribution in [0.1, 0.15) is 22.3 Å². The second-order valence-electron chi connectivity index (χ2n) is 4.73. The van der Waals surface area contributed by atoms with Crippen LogP contribution in [0.4, 0.5) is 0 Å². The number of ether oxygens (including phenoxy) is 2. The van der Waals surface area contributed by atoms with Crippen LogP contribution in [0.15, 0.2) is 24.0 Å². The molecule has 1 unspecified atom stereocenters. The van der Waals surface area contributed by atoms with Gasteiger partial charge in [0.15, 0.2) is 11.5 Å². The number of thiophene rings is 1. The van der Waals surface area contributed by atoms with E-state index in [0.29, 0.717) is 36.0 Å². The molecule has 1 aliphatic heterocycles. The van der Waals surface area contributed by atoms with Crippen LogP contribution in [0.2, 0.25) is 0 Å². The van der Waals surface area contributed by atoms with Crippen LogP contribution in [0.3, 0.4) is 0 Å². The Morgan fingerprint density at radius 1 is 1.43 bits per heavy atom. The molecule has 0 radical (unpaired) electrons. The van der Waals surface area contributed by atoms with Crippen molar-refractivity contribution in [3.63, 3.8) is 0 Å².